The summed E-state index contributed by atoms with van der Waals surface area (Å²) in [5.74, 6) is -1.89. The maximum Gasteiger partial charge on any atom is 0.426 e. The fraction of sp³-hybridized carbons (Fsp3) is 0.468. The van der Waals surface area contributed by atoms with E-state index < -0.39 is 45.6 Å². The van der Waals surface area contributed by atoms with Gasteiger partial charge in [0.25, 0.3) is 39.7 Å². The van der Waals surface area contributed by atoms with Gasteiger partial charge in [-0.05, 0) is 62.6 Å². The first-order chi connectivity index (χ1) is 55.0. The third kappa shape index (κ3) is 33.4. The van der Waals surface area contributed by atoms with Crippen LogP contribution in [0.3, 0.4) is 0 Å². The van der Waals surface area contributed by atoms with Crippen molar-refractivity contribution in [2.45, 2.75) is 83.8 Å². The molecular weight excluding hydrogens is 1600 g/mol. The van der Waals surface area contributed by atoms with Gasteiger partial charge in [-0.15, -0.1) is 0 Å². The number of fused-ring (bicyclic) bond motifs is 4. The van der Waals surface area contributed by atoms with Gasteiger partial charge in [0.15, 0.2) is 53.8 Å². The van der Waals surface area contributed by atoms with Gasteiger partial charge in [0, 0.05) is 108 Å². The molecule has 0 aliphatic carbocycles. The maximum atomic E-state index is 13.2. The van der Waals surface area contributed by atoms with Crippen molar-refractivity contribution in [3.8, 4) is 11.5 Å². The van der Waals surface area contributed by atoms with Crippen molar-refractivity contribution in [3.63, 3.8) is 0 Å². The highest BCUT2D eigenvalue weighted by Gasteiger charge is 2.38. The number of hydrogen-bond acceptors (Lipinski definition) is 29. The van der Waals surface area contributed by atoms with Crippen molar-refractivity contribution in [2.75, 3.05) is 165 Å². The van der Waals surface area contributed by atoms with Crippen LogP contribution < -0.4 is 36.9 Å². The molecule has 10 rings (SSSR count). The highest BCUT2D eigenvalue weighted by Crippen LogP contribution is 2.26. The van der Waals surface area contributed by atoms with Crippen LogP contribution in [0.1, 0.15) is 107 Å². The summed E-state index contributed by atoms with van der Waals surface area (Å²) < 4.78 is 106. The summed E-state index contributed by atoms with van der Waals surface area (Å²) in [4.78, 5) is 115. The quantitative estimate of drug-likeness (QED) is 0.00823. The van der Waals surface area contributed by atoms with Gasteiger partial charge in [-0.1, -0.05) is 101 Å². The molecule has 1 fully saturated rings. The van der Waals surface area contributed by atoms with Crippen molar-refractivity contribution in [3.05, 3.63) is 199 Å². The Morgan fingerprint density at radius 2 is 1.01 bits per heavy atom. The Labute approximate surface area is 675 Å². The lowest BCUT2D eigenvalue weighted by atomic mass is 10.1. The molecule has 1 saturated heterocycles. The van der Waals surface area contributed by atoms with Crippen LogP contribution in [0.2, 0.25) is 0 Å². The summed E-state index contributed by atoms with van der Waals surface area (Å²) in [5.41, 5.74) is 13.0. The van der Waals surface area contributed by atoms with Gasteiger partial charge in [-0.2, -0.15) is 8.42 Å². The monoisotopic (exact) mass is 1700 g/mol. The number of hydrogen-bond donors (Lipinski definition) is 5. The van der Waals surface area contributed by atoms with E-state index in [4.69, 9.17) is 86.4 Å². The Hall–Kier alpha value is -9.30. The molecule has 0 saturated carbocycles. The number of nitrogens with one attached hydrogen (secondary N) is 2. The average Bonchev–Trinajstić information content (AvgIpc) is 1.74. The molecule has 6 N–H and O–H groups in total. The first kappa shape index (κ1) is 98.1. The number of aliphatic hydroxyl groups is 1. The van der Waals surface area contributed by atoms with Crippen molar-refractivity contribution in [1.82, 2.24) is 24.1 Å². The summed E-state index contributed by atoms with van der Waals surface area (Å²) in [6, 6.07) is 34.8. The number of aromatic nitrogens is 2. The van der Waals surface area contributed by atoms with Gasteiger partial charge in [0.05, 0.1) is 99.8 Å². The molecule has 0 radical (unpaired) electrons. The van der Waals surface area contributed by atoms with E-state index in [9.17, 15) is 51.6 Å². The lowest BCUT2D eigenvalue weighted by Crippen LogP contribution is -2.59. The summed E-state index contributed by atoms with van der Waals surface area (Å²) in [6.07, 6.45) is 1.65. The number of nitrogens with zero attached hydrogens (tertiary/aromatic N) is 5. The minimum absolute atomic E-state index is 0.0474. The third-order valence-electron chi connectivity index (χ3n) is 15.8. The van der Waals surface area contributed by atoms with Crippen LogP contribution in [0.25, 0.3) is 0 Å². The van der Waals surface area contributed by atoms with E-state index in [0.717, 1.165) is 26.0 Å². The van der Waals surface area contributed by atoms with Gasteiger partial charge in [-0.25, -0.2) is 10.2 Å². The Balaban J connectivity index is 0.000000305. The number of Topliss-reactive ketones (excluding diaryl/α,β-unsaturated/α-hetero) is 1. The molecule has 4 aromatic carbocycles. The van der Waals surface area contributed by atoms with Crippen molar-refractivity contribution >= 4 is 67.5 Å². The molecule has 36 nitrogen and oxygen atoms in total. The molecular formula is C77H105BrN8O28S. The zero-order valence-corrected chi connectivity index (χ0v) is 68.8. The SMILES string of the molecule is COC(CBr)OC.COC(COCCCC(=O)c1c(OCc2ccccc2)c(=O)ccn1NC(=O)OC(C)(C)C)OC.COC(COCCN)OC.COC(COCCN1C(=O)c2ccccc2C1=O)OC.CS(=O)(=O)O.O=C1c2c(OCc3ccccc3)c(=O)ccn2NC2COCCN12.O=C1c2ccccc2C(=O)N1CCO. The zero-order chi connectivity index (χ0) is 85.0. The summed E-state index contributed by atoms with van der Waals surface area (Å²) in [7, 11) is 8.73. The molecule has 0 bridgehead atoms. The molecule has 0 spiro atoms. The number of imide groups is 2. The number of carbonyl (C=O) groups is 7. The van der Waals surface area contributed by atoms with Crippen molar-refractivity contribution in [1.29, 1.82) is 0 Å². The molecule has 6 aromatic rings. The number of aliphatic hydroxyl groups excluding tert-OH is 1. The molecule has 4 aliphatic rings. The average molecular weight is 1700 g/mol. The zero-order valence-electron chi connectivity index (χ0n) is 66.4. The molecule has 2 aromatic heterocycles. The number of pyridine rings is 2. The number of rotatable bonds is 34. The fourth-order valence-corrected chi connectivity index (χ4v) is 10.8. The smallest absolute Gasteiger partial charge is 0.426 e. The van der Waals surface area contributed by atoms with Crippen LogP contribution in [0, 0.1) is 0 Å². The Kier molecular flexibility index (Phi) is 44.6. The van der Waals surface area contributed by atoms with E-state index in [1.54, 1.807) is 114 Å². The first-order valence-electron chi connectivity index (χ1n) is 35.7. The number of nitrogens with two attached hydrogens (primary N) is 1. The largest absolute Gasteiger partial charge is 0.483 e. The standard InChI is InChI=1S/C25H34N2O8.C17H17N3O4.C14H17NO5.C10H9NO3.C6H15NO3.C4H9BrO2.CH4O3S/c1-25(2,3)35-24(30)26-27-14-13-20(29)23(34-16-18-10-7-6-8-11-18)22(27)19(28)12-9-15-33-17-21(31-4)32-5;21-13-6-7-20-15(16(13)24-10-12-4-2-1-3-5-12)17(22)19-8-9-23-11-14(19)18-20;1-18-12(19-2)9-20-8-7-15-13(16)10-5-3-4-6-11(10)14(15)17;12-6-5-11-9(13)7-3-1-2-4-8(7)10(11)14;1-8-6(9-2)5-10-4-3-7;1-6-4(3-5)7-2;1-5(2,3)4/h6-8,10-11,13-14,21H,9,12,15-17H2,1-5H3,(H,26,30);1-7,14,18H,8-11H2;3-6,12H,7-9H2,1-2H3;1-4,12H,5-6H2;6H,3-5,7H2,1-2H3;4H,3H2,1-2H3;1H3,(H,2,3,4). The van der Waals surface area contributed by atoms with Gasteiger partial charge >= 0.3 is 6.09 Å². The number of halogens is 1. The predicted molar refractivity (Wildman–Crippen MR) is 422 cm³/mol. The highest BCUT2D eigenvalue weighted by molar-refractivity contribution is 9.09. The lowest BCUT2D eigenvalue weighted by Gasteiger charge is -2.41. The number of ether oxygens (including phenoxy) is 15. The maximum absolute atomic E-state index is 13.2. The second-order valence-corrected chi connectivity index (χ2v) is 27.3. The molecule has 634 valence electrons. The van der Waals surface area contributed by atoms with E-state index >= 15 is 0 Å². The Morgan fingerprint density at radius 3 is 1.43 bits per heavy atom. The van der Waals surface area contributed by atoms with Crippen LogP contribution in [-0.2, 0) is 84.9 Å². The van der Waals surface area contributed by atoms with Crippen LogP contribution in [0.5, 0.6) is 11.5 Å². The molecule has 6 heterocycles. The van der Waals surface area contributed by atoms with E-state index in [0.29, 0.717) is 74.4 Å². The van der Waals surface area contributed by atoms with Crippen LogP contribution >= 0.6 is 15.9 Å². The number of carbonyl (C=O) groups excluding carboxylic acids is 7. The molecule has 4 aliphatic heterocycles. The van der Waals surface area contributed by atoms with Crippen LogP contribution in [0.15, 0.2) is 143 Å². The third-order valence-corrected chi connectivity index (χ3v) is 16.3. The number of benzene rings is 4. The van der Waals surface area contributed by atoms with Crippen LogP contribution in [0.4, 0.5) is 4.79 Å². The minimum Gasteiger partial charge on any atom is -0.483 e. The van der Waals surface area contributed by atoms with Crippen molar-refractivity contribution < 1.29 is 123 Å². The molecule has 115 heavy (non-hydrogen) atoms. The number of morpholine rings is 1. The molecule has 6 amide bonds. The minimum atomic E-state index is -3.67. The van der Waals surface area contributed by atoms with Gasteiger partial charge in [0.1, 0.15) is 25.0 Å². The number of ketones is 1. The second-order valence-electron chi connectivity index (χ2n) is 25.2. The number of alkyl halides is 1. The van der Waals surface area contributed by atoms with E-state index in [2.05, 4.69) is 26.8 Å². The Morgan fingerprint density at radius 1 is 0.591 bits per heavy atom. The number of amides is 6. The number of β-amino-alcohol motifs (C(OH)–C–C–N with tert-alkyl or cyclic N) is 1. The van der Waals surface area contributed by atoms with Crippen LogP contribution in [-0.4, -0.2) is 275 Å². The van der Waals surface area contributed by atoms with E-state index in [1.165, 1.54) is 51.7 Å². The normalized spacial score (nSPS) is 13.8. The topological polar surface area (TPSA) is 436 Å². The van der Waals surface area contributed by atoms with Gasteiger partial charge in [0.2, 0.25) is 10.9 Å². The molecule has 38 heteroatoms. The summed E-state index contributed by atoms with van der Waals surface area (Å²) >= 11 is 3.19. The van der Waals surface area contributed by atoms with E-state index in [1.807, 2.05) is 60.7 Å². The molecule has 1 atom stereocenters. The second kappa shape index (κ2) is 52.3. The predicted octanol–water partition coefficient (Wildman–Crippen LogP) is 5.57. The Bertz CT molecular complexity index is 4130. The fourth-order valence-electron chi connectivity index (χ4n) is 10.2. The number of methoxy groups -OCH3 is 8. The first-order valence-corrected chi connectivity index (χ1v) is 38.7. The van der Waals surface area contributed by atoms with Crippen molar-refractivity contribution in [2.24, 2.45) is 5.73 Å². The van der Waals surface area contributed by atoms with Gasteiger partial charge < -0.3 is 92.2 Å². The van der Waals surface area contributed by atoms with Gasteiger partial charge in [-0.3, -0.25) is 62.1 Å². The highest BCUT2D eigenvalue weighted by atomic mass is 79.9. The summed E-state index contributed by atoms with van der Waals surface area (Å²) in [6.45, 7) is 9.40. The molecule has 1 unspecified atom stereocenters. The summed E-state index contributed by atoms with van der Waals surface area (Å²) in [5, 5.41) is 9.42. The van der Waals surface area contributed by atoms with E-state index in [-0.39, 0.29) is 142 Å². The lowest BCUT2D eigenvalue weighted by molar-refractivity contribution is -0.140.